The summed E-state index contributed by atoms with van der Waals surface area (Å²) in [7, 11) is 0. The molecule has 0 aromatic heterocycles. The Balaban J connectivity index is 4.40. The summed E-state index contributed by atoms with van der Waals surface area (Å²) < 4.78 is 17.0. The molecule has 0 amide bonds. The first kappa shape index (κ1) is 75.8. The number of unbranched alkanes of at least 4 members (excludes halogenated alkanes) is 29. The van der Waals surface area contributed by atoms with Crippen LogP contribution in [0.5, 0.6) is 0 Å². The fourth-order valence-corrected chi connectivity index (χ4v) is 9.22. The normalized spacial score (nSPS) is 12.9. The Morgan fingerprint density at radius 1 is 0.263 bits per heavy atom. The van der Waals surface area contributed by atoms with Gasteiger partial charge in [-0.15, -0.1) is 0 Å². The van der Waals surface area contributed by atoms with E-state index in [4.69, 9.17) is 14.2 Å². The minimum absolute atomic E-state index is 0.0908. The highest BCUT2D eigenvalue weighted by molar-refractivity contribution is 5.71. The van der Waals surface area contributed by atoms with Crippen LogP contribution in [0.4, 0.5) is 0 Å². The number of esters is 3. The van der Waals surface area contributed by atoms with E-state index in [9.17, 15) is 14.4 Å². The van der Waals surface area contributed by atoms with Gasteiger partial charge in [0.05, 0.1) is 0 Å². The van der Waals surface area contributed by atoms with Gasteiger partial charge in [0, 0.05) is 19.3 Å². The second-order valence-corrected chi connectivity index (χ2v) is 22.0. The molecule has 0 saturated heterocycles. The molecular weight excluding hydrogens is 985 g/mol. The number of carbonyl (C=O) groups is 3. The van der Waals surface area contributed by atoms with Crippen molar-refractivity contribution in [3.8, 4) is 0 Å². The average Bonchev–Trinajstić information content (AvgIpc) is 3.46. The summed E-state index contributed by atoms with van der Waals surface area (Å²) in [5.41, 5.74) is 0. The molecule has 80 heavy (non-hydrogen) atoms. The van der Waals surface area contributed by atoms with Crippen LogP contribution in [0.3, 0.4) is 0 Å². The minimum Gasteiger partial charge on any atom is -0.462 e. The van der Waals surface area contributed by atoms with E-state index in [2.05, 4.69) is 142 Å². The molecule has 456 valence electrons. The highest BCUT2D eigenvalue weighted by Crippen LogP contribution is 2.16. The summed E-state index contributed by atoms with van der Waals surface area (Å²) in [4.78, 5) is 38.4. The molecule has 0 saturated carbocycles. The van der Waals surface area contributed by atoms with Gasteiger partial charge in [0.2, 0.25) is 0 Å². The Morgan fingerprint density at radius 3 is 0.775 bits per heavy atom. The summed E-state index contributed by atoms with van der Waals surface area (Å²) in [5, 5.41) is 0. The van der Waals surface area contributed by atoms with Crippen molar-refractivity contribution in [1.82, 2.24) is 0 Å². The van der Waals surface area contributed by atoms with Gasteiger partial charge in [0.1, 0.15) is 13.2 Å². The van der Waals surface area contributed by atoms with Crippen molar-refractivity contribution in [2.75, 3.05) is 13.2 Å². The summed E-state index contributed by atoms with van der Waals surface area (Å²) in [6, 6.07) is 0. The predicted molar refractivity (Wildman–Crippen MR) is 348 cm³/mol. The molecule has 6 nitrogen and oxygen atoms in total. The molecule has 0 rings (SSSR count). The van der Waals surface area contributed by atoms with E-state index in [1.807, 2.05) is 0 Å². The predicted octanol–water partition coefficient (Wildman–Crippen LogP) is 23.2. The van der Waals surface area contributed by atoms with Crippen LogP contribution in [0.15, 0.2) is 122 Å². The topological polar surface area (TPSA) is 78.9 Å². The molecule has 0 fully saturated rings. The summed E-state index contributed by atoms with van der Waals surface area (Å²) in [6.45, 7) is 6.41. The maximum absolute atomic E-state index is 12.9. The van der Waals surface area contributed by atoms with Crippen molar-refractivity contribution in [2.45, 2.75) is 316 Å². The Hall–Kier alpha value is -4.19. The van der Waals surface area contributed by atoms with E-state index in [0.29, 0.717) is 19.3 Å². The molecule has 0 aromatic carbocycles. The van der Waals surface area contributed by atoms with Crippen molar-refractivity contribution in [2.24, 2.45) is 0 Å². The van der Waals surface area contributed by atoms with Crippen LogP contribution in [-0.2, 0) is 28.6 Å². The molecule has 0 spiro atoms. The fourth-order valence-electron chi connectivity index (χ4n) is 9.22. The molecule has 6 heteroatoms. The number of ether oxygens (including phenoxy) is 3. The van der Waals surface area contributed by atoms with E-state index >= 15 is 0 Å². The van der Waals surface area contributed by atoms with E-state index in [1.54, 1.807) is 0 Å². The van der Waals surface area contributed by atoms with Crippen molar-refractivity contribution in [1.29, 1.82) is 0 Å². The van der Waals surface area contributed by atoms with Gasteiger partial charge in [-0.2, -0.15) is 0 Å². The van der Waals surface area contributed by atoms with Crippen LogP contribution < -0.4 is 0 Å². The summed E-state index contributed by atoms with van der Waals surface area (Å²) in [5.74, 6) is -0.912. The molecule has 0 radical (unpaired) electrons. The molecular formula is C74H124O6. The molecule has 0 aromatic rings. The molecule has 0 aliphatic rings. The molecule has 0 bridgehead atoms. The van der Waals surface area contributed by atoms with Gasteiger partial charge in [0.25, 0.3) is 0 Å². The highest BCUT2D eigenvalue weighted by Gasteiger charge is 2.19. The number of rotatable bonds is 60. The first-order chi connectivity index (χ1) is 39.5. The Morgan fingerprint density at radius 2 is 0.487 bits per heavy atom. The van der Waals surface area contributed by atoms with E-state index in [1.165, 1.54) is 128 Å². The van der Waals surface area contributed by atoms with Crippen LogP contribution in [0.25, 0.3) is 0 Å². The Bertz CT molecular complexity index is 1650. The quantitative estimate of drug-likeness (QED) is 0.0261. The molecule has 0 N–H and O–H groups in total. The molecule has 0 aliphatic carbocycles. The number of allylic oxidation sites excluding steroid dienone is 20. The van der Waals surface area contributed by atoms with Gasteiger partial charge in [0.15, 0.2) is 6.10 Å². The SMILES string of the molecule is CC/C=C\C/C=C\C/C=C\C/C=C\C/C=C\CCCCCCCC(=O)OC(COC(=O)CCCCCCC/C=C\CCCCCCCCC)COC(=O)CCCCCCCCCCCCCC/C=C\C/C=C\C/C=C\C/C=C\CC. The Labute approximate surface area is 494 Å². The van der Waals surface area contributed by atoms with Crippen molar-refractivity contribution >= 4 is 17.9 Å². The lowest BCUT2D eigenvalue weighted by molar-refractivity contribution is -0.167. The van der Waals surface area contributed by atoms with Crippen molar-refractivity contribution < 1.29 is 28.6 Å². The van der Waals surface area contributed by atoms with Crippen LogP contribution >= 0.6 is 0 Å². The lowest BCUT2D eigenvalue weighted by Crippen LogP contribution is -2.30. The van der Waals surface area contributed by atoms with Crippen molar-refractivity contribution in [3.63, 3.8) is 0 Å². The third-order valence-electron chi connectivity index (χ3n) is 14.2. The number of carbonyl (C=O) groups excluding carboxylic acids is 3. The average molecular weight is 1110 g/mol. The standard InChI is InChI=1S/C74H124O6/c1-4-7-10-13-16-19-22-25-28-31-33-35-36-37-38-40-41-43-46-49-52-55-58-61-64-67-73(76)79-70-71(69-78-72(75)66-63-60-57-54-51-48-45-30-27-24-21-18-15-12-9-6-3)80-74(77)68-65-62-59-56-53-50-47-44-42-39-34-32-29-26-23-20-17-14-11-8-5-2/h7-8,10-11,16-17,19-20,25-26,28-30,33-35,39,44-45,47,71H,4-6,9,12-15,18,21-24,27,31-32,36-38,40-43,46,48-70H2,1-3H3/b10-7-,11-8-,19-16-,20-17-,28-25-,29-26-,35-33-,39-34-,45-30-,47-44-. The third kappa shape index (κ3) is 64.6. The van der Waals surface area contributed by atoms with Crippen LogP contribution in [-0.4, -0.2) is 37.2 Å². The molecule has 0 aliphatic heterocycles. The smallest absolute Gasteiger partial charge is 0.306 e. The number of hydrogen-bond donors (Lipinski definition) is 0. The molecule has 1 atom stereocenters. The first-order valence-electron chi connectivity index (χ1n) is 33.5. The van der Waals surface area contributed by atoms with Crippen LogP contribution in [0, 0.1) is 0 Å². The van der Waals surface area contributed by atoms with Crippen LogP contribution in [0.1, 0.15) is 310 Å². The van der Waals surface area contributed by atoms with Gasteiger partial charge in [-0.1, -0.05) is 284 Å². The zero-order chi connectivity index (χ0) is 57.8. The van der Waals surface area contributed by atoms with Gasteiger partial charge in [-0.25, -0.2) is 0 Å². The Kier molecular flexibility index (Phi) is 63.8. The maximum Gasteiger partial charge on any atom is 0.306 e. The number of hydrogen-bond acceptors (Lipinski definition) is 6. The largest absolute Gasteiger partial charge is 0.462 e. The van der Waals surface area contributed by atoms with Gasteiger partial charge < -0.3 is 14.2 Å². The fraction of sp³-hybridized carbons (Fsp3) is 0.689. The lowest BCUT2D eigenvalue weighted by Gasteiger charge is -2.18. The van der Waals surface area contributed by atoms with Crippen molar-refractivity contribution in [3.05, 3.63) is 122 Å². The second kappa shape index (κ2) is 67.3. The lowest BCUT2D eigenvalue weighted by atomic mass is 10.0. The minimum atomic E-state index is -0.797. The summed E-state index contributed by atoms with van der Waals surface area (Å²) >= 11 is 0. The van der Waals surface area contributed by atoms with Gasteiger partial charge in [-0.3, -0.25) is 14.4 Å². The van der Waals surface area contributed by atoms with Gasteiger partial charge in [-0.05, 0) is 128 Å². The van der Waals surface area contributed by atoms with Crippen LogP contribution in [0.2, 0.25) is 0 Å². The molecule has 0 heterocycles. The van der Waals surface area contributed by atoms with Gasteiger partial charge >= 0.3 is 17.9 Å². The van der Waals surface area contributed by atoms with E-state index in [0.717, 1.165) is 141 Å². The highest BCUT2D eigenvalue weighted by atomic mass is 16.6. The third-order valence-corrected chi connectivity index (χ3v) is 14.2. The first-order valence-corrected chi connectivity index (χ1v) is 33.5. The summed E-state index contributed by atoms with van der Waals surface area (Å²) in [6.07, 6.45) is 93.5. The molecule has 1 unspecified atom stereocenters. The zero-order valence-corrected chi connectivity index (χ0v) is 52.3. The second-order valence-electron chi connectivity index (χ2n) is 22.0. The van der Waals surface area contributed by atoms with E-state index < -0.39 is 6.10 Å². The van der Waals surface area contributed by atoms with E-state index in [-0.39, 0.29) is 31.1 Å². The monoisotopic (exact) mass is 1110 g/mol. The zero-order valence-electron chi connectivity index (χ0n) is 52.3. The maximum atomic E-state index is 12.9.